The summed E-state index contributed by atoms with van der Waals surface area (Å²) in [7, 11) is -3.00. The van der Waals surface area contributed by atoms with Crippen molar-refractivity contribution in [1.82, 2.24) is 4.90 Å². The van der Waals surface area contributed by atoms with E-state index in [0.717, 1.165) is 27.8 Å². The largest absolute Gasteiger partial charge is 0.335 e. The zero-order valence-electron chi connectivity index (χ0n) is 14.1. The number of rotatable bonds is 3. The molecule has 4 nitrogen and oxygen atoms in total. The fourth-order valence-electron chi connectivity index (χ4n) is 3.27. The molecule has 1 amide bonds. The molecule has 122 valence electrons. The van der Waals surface area contributed by atoms with Gasteiger partial charge in [0.15, 0.2) is 9.84 Å². The molecule has 22 heavy (non-hydrogen) atoms. The molecule has 1 heterocycles. The van der Waals surface area contributed by atoms with Gasteiger partial charge in [-0.05, 0) is 63.3 Å². The van der Waals surface area contributed by atoms with Crippen LogP contribution in [-0.2, 0) is 9.84 Å². The molecule has 0 aromatic heterocycles. The van der Waals surface area contributed by atoms with Crippen molar-refractivity contribution in [2.24, 2.45) is 0 Å². The Balaban J connectivity index is 2.42. The molecule has 1 atom stereocenters. The molecule has 1 aromatic carbocycles. The molecule has 0 aliphatic carbocycles. The Morgan fingerprint density at radius 3 is 2.14 bits per heavy atom. The predicted octanol–water partition coefficient (Wildman–Crippen LogP) is 2.57. The summed E-state index contributed by atoms with van der Waals surface area (Å²) in [6.45, 7) is 10.4. The SMILES string of the molecule is CCN(C(=O)c1c(C)c(C)cc(C)c1C)C1CCS(=O)(=O)C1. The Labute approximate surface area is 133 Å². The molecular weight excluding hydrogens is 298 g/mol. The number of hydrogen-bond donors (Lipinski definition) is 0. The standard InChI is InChI=1S/C17H25NO3S/c1-6-18(15-7-8-22(20,21)10-15)17(19)16-13(4)11(2)9-12(3)14(16)5/h9,15H,6-8,10H2,1-5H3. The molecule has 1 aromatic rings. The smallest absolute Gasteiger partial charge is 0.254 e. The number of nitrogens with zero attached hydrogens (tertiary/aromatic N) is 1. The van der Waals surface area contributed by atoms with Crippen LogP contribution in [0.4, 0.5) is 0 Å². The van der Waals surface area contributed by atoms with Gasteiger partial charge in [-0.3, -0.25) is 4.79 Å². The summed E-state index contributed by atoms with van der Waals surface area (Å²) >= 11 is 0. The summed E-state index contributed by atoms with van der Waals surface area (Å²) in [5.41, 5.74) is 4.92. The van der Waals surface area contributed by atoms with E-state index in [0.29, 0.717) is 13.0 Å². The van der Waals surface area contributed by atoms with Crippen LogP contribution < -0.4 is 0 Å². The van der Waals surface area contributed by atoms with Crippen LogP contribution in [-0.4, -0.2) is 43.3 Å². The quantitative estimate of drug-likeness (QED) is 0.859. The predicted molar refractivity (Wildman–Crippen MR) is 89.2 cm³/mol. The maximum atomic E-state index is 13.1. The molecule has 0 bridgehead atoms. The summed E-state index contributed by atoms with van der Waals surface area (Å²) in [6, 6.07) is 1.90. The van der Waals surface area contributed by atoms with E-state index in [1.807, 2.05) is 34.6 Å². The topological polar surface area (TPSA) is 54.5 Å². The van der Waals surface area contributed by atoms with E-state index < -0.39 is 9.84 Å². The van der Waals surface area contributed by atoms with Crippen LogP contribution in [0, 0.1) is 27.7 Å². The monoisotopic (exact) mass is 323 g/mol. The minimum atomic E-state index is -3.00. The molecule has 1 fully saturated rings. The molecule has 2 rings (SSSR count). The van der Waals surface area contributed by atoms with Gasteiger partial charge in [-0.15, -0.1) is 0 Å². The lowest BCUT2D eigenvalue weighted by Gasteiger charge is -2.29. The van der Waals surface area contributed by atoms with Crippen LogP contribution in [0.1, 0.15) is 46.0 Å². The number of amides is 1. The number of carbonyl (C=O) groups is 1. The van der Waals surface area contributed by atoms with E-state index in [1.54, 1.807) is 4.90 Å². The highest BCUT2D eigenvalue weighted by Crippen LogP contribution is 2.26. The fourth-order valence-corrected chi connectivity index (χ4v) is 5.00. The number of sulfone groups is 1. The summed E-state index contributed by atoms with van der Waals surface area (Å²) in [4.78, 5) is 14.8. The van der Waals surface area contributed by atoms with Crippen molar-refractivity contribution in [2.45, 2.75) is 47.1 Å². The van der Waals surface area contributed by atoms with Crippen molar-refractivity contribution in [3.63, 3.8) is 0 Å². The van der Waals surface area contributed by atoms with Gasteiger partial charge in [0.1, 0.15) is 0 Å². The Morgan fingerprint density at radius 1 is 1.18 bits per heavy atom. The Kier molecular flexibility index (Phi) is 4.66. The molecule has 1 saturated heterocycles. The van der Waals surface area contributed by atoms with Crippen molar-refractivity contribution in [2.75, 3.05) is 18.1 Å². The Bertz CT molecular complexity index is 681. The lowest BCUT2D eigenvalue weighted by Crippen LogP contribution is -2.41. The van der Waals surface area contributed by atoms with Gasteiger partial charge in [0, 0.05) is 18.2 Å². The van der Waals surface area contributed by atoms with Gasteiger partial charge >= 0.3 is 0 Å². The molecule has 1 aliphatic heterocycles. The van der Waals surface area contributed by atoms with Crippen molar-refractivity contribution < 1.29 is 13.2 Å². The van der Waals surface area contributed by atoms with Gasteiger partial charge in [-0.1, -0.05) is 6.07 Å². The van der Waals surface area contributed by atoms with Crippen LogP contribution in [0.2, 0.25) is 0 Å². The van der Waals surface area contributed by atoms with Crippen molar-refractivity contribution >= 4 is 15.7 Å². The Morgan fingerprint density at radius 2 is 1.73 bits per heavy atom. The second kappa shape index (κ2) is 6.03. The highest BCUT2D eigenvalue weighted by Gasteiger charge is 2.35. The first-order chi connectivity index (χ1) is 10.2. The van der Waals surface area contributed by atoms with E-state index in [1.165, 1.54) is 0 Å². The normalized spacial score (nSPS) is 20.1. The van der Waals surface area contributed by atoms with Gasteiger partial charge in [0.2, 0.25) is 0 Å². The maximum absolute atomic E-state index is 13.1. The summed E-state index contributed by atoms with van der Waals surface area (Å²) < 4.78 is 23.4. The summed E-state index contributed by atoms with van der Waals surface area (Å²) in [5.74, 6) is 0.244. The molecule has 0 saturated carbocycles. The molecule has 0 spiro atoms. The summed E-state index contributed by atoms with van der Waals surface area (Å²) in [5, 5.41) is 0. The third-order valence-corrected chi connectivity index (χ3v) is 6.58. The zero-order valence-corrected chi connectivity index (χ0v) is 14.9. The van der Waals surface area contributed by atoms with Crippen LogP contribution >= 0.6 is 0 Å². The van der Waals surface area contributed by atoms with E-state index in [2.05, 4.69) is 6.07 Å². The third kappa shape index (κ3) is 3.05. The van der Waals surface area contributed by atoms with Gasteiger partial charge in [-0.2, -0.15) is 0 Å². The van der Waals surface area contributed by atoms with Gasteiger partial charge in [-0.25, -0.2) is 8.42 Å². The number of benzene rings is 1. The first-order valence-electron chi connectivity index (χ1n) is 7.76. The van der Waals surface area contributed by atoms with E-state index >= 15 is 0 Å². The van der Waals surface area contributed by atoms with Crippen LogP contribution in [0.25, 0.3) is 0 Å². The first kappa shape index (κ1) is 17.0. The average Bonchev–Trinajstić information content (AvgIpc) is 2.78. The highest BCUT2D eigenvalue weighted by atomic mass is 32.2. The number of carbonyl (C=O) groups excluding carboxylic acids is 1. The third-order valence-electron chi connectivity index (χ3n) is 4.83. The average molecular weight is 323 g/mol. The first-order valence-corrected chi connectivity index (χ1v) is 9.59. The van der Waals surface area contributed by atoms with Crippen molar-refractivity contribution in [3.8, 4) is 0 Å². The van der Waals surface area contributed by atoms with Crippen molar-refractivity contribution in [1.29, 1.82) is 0 Å². The molecule has 0 N–H and O–H groups in total. The van der Waals surface area contributed by atoms with Gasteiger partial charge in [0.25, 0.3) is 5.91 Å². The zero-order chi connectivity index (χ0) is 16.7. The van der Waals surface area contributed by atoms with Gasteiger partial charge in [0.05, 0.1) is 11.5 Å². The van der Waals surface area contributed by atoms with Crippen LogP contribution in [0.3, 0.4) is 0 Å². The van der Waals surface area contributed by atoms with E-state index in [4.69, 9.17) is 0 Å². The molecule has 1 aliphatic rings. The molecule has 1 unspecified atom stereocenters. The lowest BCUT2D eigenvalue weighted by molar-refractivity contribution is 0.0706. The van der Waals surface area contributed by atoms with E-state index in [-0.39, 0.29) is 23.5 Å². The molecular formula is C17H25NO3S. The number of aryl methyl sites for hydroxylation is 2. The van der Waals surface area contributed by atoms with Gasteiger partial charge < -0.3 is 4.90 Å². The maximum Gasteiger partial charge on any atom is 0.254 e. The fraction of sp³-hybridized carbons (Fsp3) is 0.588. The second-order valence-corrected chi connectivity index (χ2v) is 8.51. The van der Waals surface area contributed by atoms with Crippen molar-refractivity contribution in [3.05, 3.63) is 33.9 Å². The molecule has 0 radical (unpaired) electrons. The minimum absolute atomic E-state index is 0.0357. The van der Waals surface area contributed by atoms with E-state index in [9.17, 15) is 13.2 Å². The lowest BCUT2D eigenvalue weighted by atomic mass is 9.93. The van der Waals surface area contributed by atoms with Crippen LogP contribution in [0.15, 0.2) is 6.07 Å². The minimum Gasteiger partial charge on any atom is -0.335 e. The highest BCUT2D eigenvalue weighted by molar-refractivity contribution is 7.91. The molecule has 5 heteroatoms. The summed E-state index contributed by atoms with van der Waals surface area (Å²) in [6.07, 6.45) is 0.546. The Hall–Kier alpha value is -1.36. The second-order valence-electron chi connectivity index (χ2n) is 6.28. The van der Waals surface area contributed by atoms with Crippen LogP contribution in [0.5, 0.6) is 0 Å². The number of hydrogen-bond acceptors (Lipinski definition) is 3.